The molecule has 2 aromatic rings. The topological polar surface area (TPSA) is 187 Å². The van der Waals surface area contributed by atoms with E-state index in [1.54, 1.807) is 25.1 Å². The summed E-state index contributed by atoms with van der Waals surface area (Å²) in [4.78, 5) is 40.3. The molecule has 3 aliphatic rings. The molecule has 210 valence electrons. The number of ketones is 3. The molecule has 1 aliphatic heterocycles. The maximum atomic E-state index is 13.9. The molecule has 1 saturated heterocycles. The van der Waals surface area contributed by atoms with Gasteiger partial charge in [-0.05, 0) is 19.1 Å². The van der Waals surface area contributed by atoms with E-state index < -0.39 is 78.8 Å². The van der Waals surface area contributed by atoms with E-state index in [0.29, 0.717) is 16.5 Å². The second kappa shape index (κ2) is 10.6. The number of aliphatic hydroxyl groups excluding tert-OH is 2. The van der Waals surface area contributed by atoms with E-state index in [1.807, 2.05) is 0 Å². The first kappa shape index (κ1) is 29.1. The fraction of sp³-hybridized carbons (Fsp3) is 0.444. The van der Waals surface area contributed by atoms with Crippen LogP contribution in [0.2, 0.25) is 0 Å². The highest BCUT2D eigenvalue weighted by Crippen LogP contribution is 2.46. The van der Waals surface area contributed by atoms with Crippen molar-refractivity contribution in [3.05, 3.63) is 46.5 Å². The maximum Gasteiger partial charge on any atom is 0.194 e. The van der Waals surface area contributed by atoms with E-state index in [9.17, 15) is 34.8 Å². The van der Waals surface area contributed by atoms with Gasteiger partial charge >= 0.3 is 0 Å². The minimum atomic E-state index is -2.19. The molecule has 0 radical (unpaired) electrons. The summed E-state index contributed by atoms with van der Waals surface area (Å²) in [5.74, 6) is -2.28. The van der Waals surface area contributed by atoms with Crippen molar-refractivity contribution in [1.29, 1.82) is 0 Å². The summed E-state index contributed by atoms with van der Waals surface area (Å²) in [6, 6.07) is 5.91. The molecular weight excluding hydrogens is 534 g/mol. The van der Waals surface area contributed by atoms with E-state index in [4.69, 9.17) is 14.2 Å². The molecule has 0 amide bonds. The summed E-state index contributed by atoms with van der Waals surface area (Å²) >= 11 is 0. The largest absolute Gasteiger partial charge is 1.00 e. The minimum Gasteiger partial charge on any atom is -1.00 e. The number of carbonyl (C=O) groups is 3. The zero-order valence-electron chi connectivity index (χ0n) is 21.3. The summed E-state index contributed by atoms with van der Waals surface area (Å²) < 4.78 is 17.2. The van der Waals surface area contributed by atoms with Crippen molar-refractivity contribution in [3.63, 3.8) is 0 Å². The molecule has 0 unspecified atom stereocenters. The lowest BCUT2D eigenvalue weighted by Crippen LogP contribution is -3.00. The number of hydrogen-bond donors (Lipinski definition) is 5. The first-order chi connectivity index (χ1) is 18.0. The van der Waals surface area contributed by atoms with Gasteiger partial charge in [0.05, 0.1) is 31.3 Å². The Morgan fingerprint density at radius 2 is 1.95 bits per heavy atom. The van der Waals surface area contributed by atoms with Gasteiger partial charge in [0.2, 0.25) is 0 Å². The second-order valence-electron chi connectivity index (χ2n) is 10.1. The molecule has 0 saturated carbocycles. The number of halogens is 1. The molecule has 0 bridgehead atoms. The highest BCUT2D eigenvalue weighted by atomic mass is 35.5. The van der Waals surface area contributed by atoms with E-state index in [2.05, 4.69) is 5.73 Å². The first-order valence-electron chi connectivity index (χ1n) is 12.3. The summed E-state index contributed by atoms with van der Waals surface area (Å²) in [6.45, 7) is 0.659. The van der Waals surface area contributed by atoms with Crippen LogP contribution in [0.3, 0.4) is 0 Å². The third kappa shape index (κ3) is 4.63. The number of phenolic OH excluding ortho intramolecular Hbond substituents is 1. The molecule has 7 N–H and O–H groups in total. The zero-order valence-corrected chi connectivity index (χ0v) is 22.1. The minimum absolute atomic E-state index is 0. The Bertz CT molecular complexity index is 1380. The van der Waals surface area contributed by atoms with Gasteiger partial charge in [-0.25, -0.2) is 0 Å². The standard InChI is InChI=1S/C27H29NO10.ClH/c1-11-23(31)16(28)7-20(37-11)38-18-9-27(35,19(30)10-29)8-15-21(18)25(33)14-6-13-12(4-3-5-17(13)36-2)24(32)22(14)26(15)34;/h3-6,11,16,18,20,23,29,31-32,35H,7-10,28H2,1-2H3;1H/t11-,16-,18+,20-,23+,27+;/m1./s1. The van der Waals surface area contributed by atoms with Gasteiger partial charge in [0.1, 0.15) is 35.9 Å². The fourth-order valence-electron chi connectivity index (χ4n) is 5.70. The van der Waals surface area contributed by atoms with E-state index >= 15 is 0 Å². The number of aliphatic hydroxyl groups is 3. The van der Waals surface area contributed by atoms with Gasteiger partial charge in [-0.15, -0.1) is 0 Å². The van der Waals surface area contributed by atoms with Gasteiger partial charge in [0.25, 0.3) is 0 Å². The zero-order chi connectivity index (χ0) is 27.5. The van der Waals surface area contributed by atoms with Crippen molar-refractivity contribution in [2.45, 2.75) is 62.4 Å². The van der Waals surface area contributed by atoms with Gasteiger partial charge in [-0.1, -0.05) is 12.1 Å². The van der Waals surface area contributed by atoms with Crippen LogP contribution < -0.4 is 22.9 Å². The number of Topliss-reactive ketones (excluding diaryl/α,β-unsaturated/α-hetero) is 3. The molecule has 6 atom stereocenters. The van der Waals surface area contributed by atoms with Gasteiger partial charge in [0, 0.05) is 40.3 Å². The normalized spacial score (nSPS) is 30.5. The van der Waals surface area contributed by atoms with Crippen molar-refractivity contribution in [2.24, 2.45) is 0 Å². The van der Waals surface area contributed by atoms with Crippen molar-refractivity contribution < 1.29 is 67.2 Å². The monoisotopic (exact) mass is 563 g/mol. The van der Waals surface area contributed by atoms with Crippen LogP contribution in [-0.4, -0.2) is 87.7 Å². The van der Waals surface area contributed by atoms with Crippen LogP contribution >= 0.6 is 0 Å². The summed E-state index contributed by atoms with van der Waals surface area (Å²) in [5.41, 5.74) is 1.21. The Morgan fingerprint density at radius 3 is 2.59 bits per heavy atom. The molecule has 12 heteroatoms. The van der Waals surface area contributed by atoms with E-state index in [-0.39, 0.29) is 41.1 Å². The molecular formula is C27H30ClNO10. The molecule has 1 heterocycles. The Balaban J connectivity index is 0.00000353. The molecule has 0 spiro atoms. The number of hydrogen-bond acceptors (Lipinski definition) is 10. The smallest absolute Gasteiger partial charge is 0.194 e. The number of methoxy groups -OCH3 is 1. The molecule has 39 heavy (non-hydrogen) atoms. The summed E-state index contributed by atoms with van der Waals surface area (Å²) in [7, 11) is 1.45. The molecule has 11 nitrogen and oxygen atoms in total. The lowest BCUT2D eigenvalue weighted by molar-refractivity contribution is -0.466. The van der Waals surface area contributed by atoms with Crippen molar-refractivity contribution in [2.75, 3.05) is 13.7 Å². The third-order valence-electron chi connectivity index (χ3n) is 7.77. The van der Waals surface area contributed by atoms with Crippen LogP contribution in [0.15, 0.2) is 35.4 Å². The van der Waals surface area contributed by atoms with Gasteiger partial charge < -0.3 is 52.8 Å². The average molecular weight is 564 g/mol. The Labute approximate surface area is 229 Å². The number of aromatic hydroxyl groups is 1. The summed E-state index contributed by atoms with van der Waals surface area (Å²) in [5, 5.41) is 42.7. The van der Waals surface area contributed by atoms with Gasteiger partial charge in [-0.3, -0.25) is 14.4 Å². The number of ether oxygens (including phenoxy) is 3. The molecule has 1 fully saturated rings. The van der Waals surface area contributed by atoms with Crippen molar-refractivity contribution in [3.8, 4) is 11.5 Å². The Morgan fingerprint density at radius 1 is 1.23 bits per heavy atom. The van der Waals surface area contributed by atoms with Crippen molar-refractivity contribution >= 4 is 28.1 Å². The molecule has 5 rings (SSSR count). The lowest BCUT2D eigenvalue weighted by atomic mass is 9.69. The van der Waals surface area contributed by atoms with Gasteiger partial charge in [-0.2, -0.15) is 0 Å². The first-order valence-corrected chi connectivity index (χ1v) is 12.3. The average Bonchev–Trinajstić information content (AvgIpc) is 2.89. The van der Waals surface area contributed by atoms with Gasteiger partial charge in [0.15, 0.2) is 23.6 Å². The molecule has 2 aliphatic carbocycles. The number of quaternary nitrogens is 1. The third-order valence-corrected chi connectivity index (χ3v) is 7.77. The number of fused-ring (bicyclic) bond motifs is 2. The highest BCUT2D eigenvalue weighted by molar-refractivity contribution is 6.30. The van der Waals surface area contributed by atoms with E-state index in [1.165, 1.54) is 13.2 Å². The van der Waals surface area contributed by atoms with Crippen LogP contribution in [0, 0.1) is 0 Å². The quantitative estimate of drug-likeness (QED) is 0.248. The second-order valence-corrected chi connectivity index (χ2v) is 10.1. The SMILES string of the molecule is COc1cccc2c(O)c3c(cc12)C(=O)C1=C(C[C@@](O)(C(=O)CO)C[C@@H]1O[C@@H]1C[C@@H]([NH3+])[C@@H](O)[C@@H](C)O1)C3=O.[Cl-]. The highest BCUT2D eigenvalue weighted by Gasteiger charge is 2.51. The number of carbonyl (C=O) groups excluding carboxylic acids is 3. The number of benzene rings is 2. The Hall–Kier alpha value is -2.90. The van der Waals surface area contributed by atoms with Crippen LogP contribution in [-0.2, 0) is 14.3 Å². The van der Waals surface area contributed by atoms with Crippen LogP contribution in [0.4, 0.5) is 0 Å². The fourth-order valence-corrected chi connectivity index (χ4v) is 5.70. The van der Waals surface area contributed by atoms with Crippen molar-refractivity contribution in [1.82, 2.24) is 0 Å². The number of phenols is 1. The lowest BCUT2D eigenvalue weighted by Gasteiger charge is -2.42. The van der Waals surface area contributed by atoms with E-state index in [0.717, 1.165) is 0 Å². The predicted octanol–water partition coefficient (Wildman–Crippen LogP) is -3.19. The van der Waals surface area contributed by atoms with Crippen LogP contribution in [0.25, 0.3) is 10.8 Å². The van der Waals surface area contributed by atoms with Crippen LogP contribution in [0.1, 0.15) is 46.9 Å². The molecule has 2 aromatic carbocycles. The maximum absolute atomic E-state index is 13.9. The molecule has 0 aromatic heterocycles. The predicted molar refractivity (Wildman–Crippen MR) is 131 cm³/mol. The van der Waals surface area contributed by atoms with Crippen LogP contribution in [0.5, 0.6) is 11.5 Å². The number of rotatable bonds is 5. The summed E-state index contributed by atoms with van der Waals surface area (Å²) in [6.07, 6.45) is -4.43. The Kier molecular flexibility index (Phi) is 7.89.